The van der Waals surface area contributed by atoms with Crippen molar-refractivity contribution in [2.24, 2.45) is 0 Å². The molecule has 1 aromatic rings. The van der Waals surface area contributed by atoms with Gasteiger partial charge in [0.25, 0.3) is 0 Å². The number of benzene rings is 1. The molecule has 0 aliphatic heterocycles. The molecule has 2 nitrogen and oxygen atoms in total. The van der Waals surface area contributed by atoms with Crippen LogP contribution in [0.5, 0.6) is 5.75 Å². The van der Waals surface area contributed by atoms with Crippen molar-refractivity contribution in [1.29, 1.82) is 5.26 Å². The summed E-state index contributed by atoms with van der Waals surface area (Å²) >= 11 is 1.28. The van der Waals surface area contributed by atoms with Crippen LogP contribution >= 0.6 is 11.8 Å². The highest BCUT2D eigenvalue weighted by Gasteiger charge is 2.29. The maximum absolute atomic E-state index is 11.9. The molecular formula is C10H8F3NOS. The number of rotatable bonds is 3. The minimum Gasteiger partial charge on any atom is -0.483 e. The van der Waals surface area contributed by atoms with E-state index >= 15 is 0 Å². The summed E-state index contributed by atoms with van der Waals surface area (Å²) < 4.78 is 40.4. The summed E-state index contributed by atoms with van der Waals surface area (Å²) in [5.41, 5.74) is 0.138. The van der Waals surface area contributed by atoms with Crippen molar-refractivity contribution in [1.82, 2.24) is 0 Å². The average molecular weight is 247 g/mol. The quantitative estimate of drug-likeness (QED) is 0.769. The predicted octanol–water partition coefficient (Wildman–Crippen LogP) is 3.22. The standard InChI is InChI=1S/C10H8F3NOS/c1-16-9-4-2-3-8(7(9)5-14)15-6-10(11,12)13/h2-4H,6H2,1H3. The second-order valence-electron chi connectivity index (χ2n) is 2.85. The second kappa shape index (κ2) is 5.12. The van der Waals surface area contributed by atoms with Gasteiger partial charge in [-0.3, -0.25) is 0 Å². The molecule has 0 unspecified atom stereocenters. The first-order valence-electron chi connectivity index (χ1n) is 4.24. The number of hydrogen-bond acceptors (Lipinski definition) is 3. The van der Waals surface area contributed by atoms with E-state index in [2.05, 4.69) is 4.74 Å². The van der Waals surface area contributed by atoms with Crippen LogP contribution in [0.3, 0.4) is 0 Å². The van der Waals surface area contributed by atoms with Gasteiger partial charge in [-0.05, 0) is 18.4 Å². The molecule has 86 valence electrons. The molecule has 0 aliphatic rings. The Kier molecular flexibility index (Phi) is 4.07. The first-order chi connectivity index (χ1) is 7.48. The maximum atomic E-state index is 11.9. The molecule has 0 fully saturated rings. The van der Waals surface area contributed by atoms with Crippen LogP contribution in [0.2, 0.25) is 0 Å². The molecule has 0 aliphatic carbocycles. The fourth-order valence-corrected chi connectivity index (χ4v) is 1.64. The zero-order valence-corrected chi connectivity index (χ0v) is 9.15. The molecule has 0 heterocycles. The molecule has 0 atom stereocenters. The number of nitrogens with zero attached hydrogens (tertiary/aromatic N) is 1. The number of halogens is 3. The minimum absolute atomic E-state index is 0.0355. The maximum Gasteiger partial charge on any atom is 0.422 e. The second-order valence-corrected chi connectivity index (χ2v) is 3.70. The minimum atomic E-state index is -4.40. The van der Waals surface area contributed by atoms with Crippen molar-refractivity contribution < 1.29 is 17.9 Å². The topological polar surface area (TPSA) is 33.0 Å². The summed E-state index contributed by atoms with van der Waals surface area (Å²) in [5.74, 6) is -0.0355. The van der Waals surface area contributed by atoms with E-state index in [1.807, 2.05) is 6.07 Å². The van der Waals surface area contributed by atoms with Gasteiger partial charge in [0.05, 0.1) is 0 Å². The van der Waals surface area contributed by atoms with Crippen LogP contribution in [0.4, 0.5) is 13.2 Å². The molecule has 0 radical (unpaired) electrons. The van der Waals surface area contributed by atoms with Gasteiger partial charge in [0.2, 0.25) is 0 Å². The summed E-state index contributed by atoms with van der Waals surface area (Å²) in [4.78, 5) is 0.599. The molecule has 1 aromatic carbocycles. The Balaban J connectivity index is 2.93. The third kappa shape index (κ3) is 3.35. The average Bonchev–Trinajstić information content (AvgIpc) is 2.24. The van der Waals surface area contributed by atoms with Crippen molar-refractivity contribution in [2.45, 2.75) is 11.1 Å². The molecule has 6 heteroatoms. The molecule has 16 heavy (non-hydrogen) atoms. The Bertz CT molecular complexity index is 412. The van der Waals surface area contributed by atoms with Gasteiger partial charge in [-0.25, -0.2) is 0 Å². The largest absolute Gasteiger partial charge is 0.483 e. The number of ether oxygens (including phenoxy) is 1. The Morgan fingerprint density at radius 3 is 2.62 bits per heavy atom. The van der Waals surface area contributed by atoms with Gasteiger partial charge in [0.1, 0.15) is 17.4 Å². The number of nitriles is 1. The van der Waals surface area contributed by atoms with Crippen LogP contribution in [0.25, 0.3) is 0 Å². The third-order valence-electron chi connectivity index (χ3n) is 1.71. The monoisotopic (exact) mass is 247 g/mol. The SMILES string of the molecule is CSc1cccc(OCC(F)(F)F)c1C#N. The number of alkyl halides is 3. The lowest BCUT2D eigenvalue weighted by molar-refractivity contribution is -0.153. The highest BCUT2D eigenvalue weighted by atomic mass is 32.2. The van der Waals surface area contributed by atoms with Crippen molar-refractivity contribution >= 4 is 11.8 Å². The summed E-state index contributed by atoms with van der Waals surface area (Å²) in [7, 11) is 0. The lowest BCUT2D eigenvalue weighted by atomic mass is 10.2. The molecule has 0 saturated carbocycles. The number of thioether (sulfide) groups is 1. The molecule has 1 rings (SSSR count). The summed E-state index contributed by atoms with van der Waals surface area (Å²) in [6.07, 6.45) is -2.66. The molecular weight excluding hydrogens is 239 g/mol. The Morgan fingerprint density at radius 1 is 1.44 bits per heavy atom. The highest BCUT2D eigenvalue weighted by Crippen LogP contribution is 2.29. The van der Waals surface area contributed by atoms with E-state index in [0.29, 0.717) is 4.90 Å². The summed E-state index contributed by atoms with van der Waals surface area (Å²) in [6.45, 7) is -1.39. The summed E-state index contributed by atoms with van der Waals surface area (Å²) in [6, 6.07) is 6.40. The van der Waals surface area contributed by atoms with Crippen molar-refractivity contribution in [3.8, 4) is 11.8 Å². The van der Waals surface area contributed by atoms with Crippen LogP contribution in [-0.2, 0) is 0 Å². The van der Waals surface area contributed by atoms with Gasteiger partial charge in [-0.2, -0.15) is 18.4 Å². The van der Waals surface area contributed by atoms with E-state index in [4.69, 9.17) is 5.26 Å². The van der Waals surface area contributed by atoms with E-state index in [1.54, 1.807) is 18.4 Å². The normalized spacial score (nSPS) is 10.9. The lowest BCUT2D eigenvalue weighted by Gasteiger charge is -2.11. The van der Waals surface area contributed by atoms with E-state index in [9.17, 15) is 13.2 Å². The zero-order valence-electron chi connectivity index (χ0n) is 8.34. The molecule has 0 N–H and O–H groups in total. The Morgan fingerprint density at radius 2 is 2.12 bits per heavy atom. The van der Waals surface area contributed by atoms with Gasteiger partial charge >= 0.3 is 6.18 Å². The first kappa shape index (κ1) is 12.7. The van der Waals surface area contributed by atoms with E-state index < -0.39 is 12.8 Å². The summed E-state index contributed by atoms with van der Waals surface area (Å²) in [5, 5.41) is 8.84. The third-order valence-corrected chi connectivity index (χ3v) is 2.49. The Hall–Kier alpha value is -1.35. The van der Waals surface area contributed by atoms with Crippen molar-refractivity contribution in [2.75, 3.05) is 12.9 Å². The van der Waals surface area contributed by atoms with Gasteiger partial charge in [-0.1, -0.05) is 6.07 Å². The van der Waals surface area contributed by atoms with Gasteiger partial charge in [0, 0.05) is 4.90 Å². The molecule has 0 saturated heterocycles. The van der Waals surface area contributed by atoms with E-state index in [-0.39, 0.29) is 11.3 Å². The van der Waals surface area contributed by atoms with Gasteiger partial charge in [-0.15, -0.1) is 11.8 Å². The lowest BCUT2D eigenvalue weighted by Crippen LogP contribution is -2.19. The predicted molar refractivity (Wildman–Crippen MR) is 54.5 cm³/mol. The van der Waals surface area contributed by atoms with Gasteiger partial charge < -0.3 is 4.74 Å². The van der Waals surface area contributed by atoms with Crippen LogP contribution in [0, 0.1) is 11.3 Å². The fraction of sp³-hybridized carbons (Fsp3) is 0.300. The molecule has 0 spiro atoms. The first-order valence-corrected chi connectivity index (χ1v) is 5.47. The zero-order chi connectivity index (χ0) is 12.2. The fourth-order valence-electron chi connectivity index (χ4n) is 1.07. The van der Waals surface area contributed by atoms with Crippen LogP contribution < -0.4 is 4.74 Å². The number of hydrogen-bond donors (Lipinski definition) is 0. The van der Waals surface area contributed by atoms with Crippen LogP contribution in [0.15, 0.2) is 23.1 Å². The van der Waals surface area contributed by atoms with E-state index in [1.165, 1.54) is 17.8 Å². The Labute approximate surface area is 95.0 Å². The van der Waals surface area contributed by atoms with Crippen molar-refractivity contribution in [3.05, 3.63) is 23.8 Å². The smallest absolute Gasteiger partial charge is 0.422 e. The van der Waals surface area contributed by atoms with Gasteiger partial charge in [0.15, 0.2) is 6.61 Å². The van der Waals surface area contributed by atoms with Crippen molar-refractivity contribution in [3.63, 3.8) is 0 Å². The van der Waals surface area contributed by atoms with Crippen LogP contribution in [0.1, 0.15) is 5.56 Å². The molecule has 0 aromatic heterocycles. The highest BCUT2D eigenvalue weighted by molar-refractivity contribution is 7.98. The van der Waals surface area contributed by atoms with Crippen LogP contribution in [-0.4, -0.2) is 19.0 Å². The van der Waals surface area contributed by atoms with E-state index in [0.717, 1.165) is 0 Å². The molecule has 0 bridgehead atoms. The molecule has 0 amide bonds.